The fourth-order valence-electron chi connectivity index (χ4n) is 1.84. The zero-order chi connectivity index (χ0) is 14.0. The van der Waals surface area contributed by atoms with Crippen LogP contribution in [0.3, 0.4) is 0 Å². The fraction of sp³-hybridized carbons (Fsp3) is 0.214. The first kappa shape index (κ1) is 13.0. The summed E-state index contributed by atoms with van der Waals surface area (Å²) in [7, 11) is 1.50. The zero-order valence-electron chi connectivity index (χ0n) is 10.8. The second-order valence-corrected chi connectivity index (χ2v) is 4.39. The normalized spacial score (nSPS) is 10.4. The van der Waals surface area contributed by atoms with Crippen LogP contribution in [-0.4, -0.2) is 14.9 Å². The minimum absolute atomic E-state index is 0.125. The summed E-state index contributed by atoms with van der Waals surface area (Å²) >= 11 is 0. The van der Waals surface area contributed by atoms with Gasteiger partial charge in [-0.05, 0) is 12.5 Å². The van der Waals surface area contributed by atoms with E-state index in [9.17, 15) is 14.4 Å². The van der Waals surface area contributed by atoms with Crippen LogP contribution in [0.5, 0.6) is 0 Å². The monoisotopic (exact) mass is 258 g/mol. The number of benzene rings is 1. The molecule has 1 aromatic heterocycles. The number of nitrogens with zero attached hydrogens (tertiary/aromatic N) is 2. The van der Waals surface area contributed by atoms with Crippen LogP contribution in [-0.2, 0) is 13.6 Å². The summed E-state index contributed by atoms with van der Waals surface area (Å²) in [5.74, 6) is -0.187. The van der Waals surface area contributed by atoms with Crippen LogP contribution in [0.1, 0.15) is 15.9 Å². The van der Waals surface area contributed by atoms with E-state index in [1.807, 2.05) is 19.1 Å². The Labute approximate surface area is 109 Å². The van der Waals surface area contributed by atoms with Gasteiger partial charge in [0.1, 0.15) is 0 Å². The summed E-state index contributed by atoms with van der Waals surface area (Å²) in [6.45, 7) is 1.71. The van der Waals surface area contributed by atoms with E-state index in [0.29, 0.717) is 5.56 Å². The van der Waals surface area contributed by atoms with Gasteiger partial charge in [-0.2, -0.15) is 0 Å². The topological polar surface area (TPSA) is 61.1 Å². The molecule has 2 aromatic rings. The number of Topliss-reactive ketones (excluding diaryl/α,β-unsaturated/α-hetero) is 1. The second-order valence-electron chi connectivity index (χ2n) is 4.39. The maximum absolute atomic E-state index is 12.1. The highest BCUT2D eigenvalue weighted by Gasteiger charge is 2.11. The molecule has 1 heterocycles. The molecule has 0 aliphatic rings. The molecular formula is C14H14N2O3. The molecule has 0 bridgehead atoms. The Balaban J connectivity index is 2.36. The van der Waals surface area contributed by atoms with Crippen LogP contribution in [0.25, 0.3) is 0 Å². The number of carbonyl (C=O) groups excluding carboxylic acids is 1. The van der Waals surface area contributed by atoms with Gasteiger partial charge in [0, 0.05) is 25.0 Å². The van der Waals surface area contributed by atoms with Crippen molar-refractivity contribution in [3.8, 4) is 0 Å². The van der Waals surface area contributed by atoms with Crippen molar-refractivity contribution in [1.82, 2.24) is 9.13 Å². The van der Waals surface area contributed by atoms with Crippen LogP contribution in [0, 0.1) is 6.92 Å². The van der Waals surface area contributed by atoms with Gasteiger partial charge in [-0.15, -0.1) is 0 Å². The second kappa shape index (κ2) is 5.06. The maximum atomic E-state index is 12.1. The standard InChI is InChI=1S/C14H14N2O3/c1-10-5-3-4-6-11(10)12(17)9-16-8-7-15(2)13(18)14(16)19/h3-8H,9H2,1-2H3. The molecule has 0 aliphatic heterocycles. The summed E-state index contributed by atoms with van der Waals surface area (Å²) in [6.07, 6.45) is 2.91. The van der Waals surface area contributed by atoms with Crippen molar-refractivity contribution in [1.29, 1.82) is 0 Å². The van der Waals surface area contributed by atoms with E-state index in [0.717, 1.165) is 10.1 Å². The fourth-order valence-corrected chi connectivity index (χ4v) is 1.84. The Kier molecular flexibility index (Phi) is 3.46. The van der Waals surface area contributed by atoms with Gasteiger partial charge in [0.2, 0.25) is 0 Å². The van der Waals surface area contributed by atoms with Crippen molar-refractivity contribution in [2.45, 2.75) is 13.5 Å². The van der Waals surface area contributed by atoms with Gasteiger partial charge in [0.25, 0.3) is 0 Å². The molecule has 98 valence electrons. The van der Waals surface area contributed by atoms with Gasteiger partial charge in [-0.3, -0.25) is 14.4 Å². The van der Waals surface area contributed by atoms with Crippen LogP contribution < -0.4 is 11.1 Å². The number of aromatic nitrogens is 2. The first-order chi connectivity index (χ1) is 9.00. The Hall–Kier alpha value is -2.43. The third-order valence-corrected chi connectivity index (χ3v) is 2.99. The van der Waals surface area contributed by atoms with Crippen molar-refractivity contribution in [3.63, 3.8) is 0 Å². The van der Waals surface area contributed by atoms with Gasteiger partial charge in [-0.1, -0.05) is 24.3 Å². The summed E-state index contributed by atoms with van der Waals surface area (Å²) in [4.78, 5) is 35.3. The number of hydrogen-bond donors (Lipinski definition) is 0. The molecular weight excluding hydrogens is 244 g/mol. The molecule has 0 saturated carbocycles. The molecule has 5 heteroatoms. The molecule has 0 fully saturated rings. The third-order valence-electron chi connectivity index (χ3n) is 2.99. The van der Waals surface area contributed by atoms with Gasteiger partial charge < -0.3 is 9.13 Å². The predicted molar refractivity (Wildman–Crippen MR) is 71.5 cm³/mol. The van der Waals surface area contributed by atoms with E-state index in [2.05, 4.69) is 0 Å². The molecule has 0 spiro atoms. The first-order valence-corrected chi connectivity index (χ1v) is 5.85. The van der Waals surface area contributed by atoms with Gasteiger partial charge >= 0.3 is 11.1 Å². The van der Waals surface area contributed by atoms with Crippen molar-refractivity contribution in [3.05, 3.63) is 68.5 Å². The van der Waals surface area contributed by atoms with Crippen LogP contribution in [0.2, 0.25) is 0 Å². The van der Waals surface area contributed by atoms with E-state index < -0.39 is 11.1 Å². The molecule has 0 unspecified atom stereocenters. The molecule has 5 nitrogen and oxygen atoms in total. The molecule has 1 aromatic carbocycles. The molecule has 0 amide bonds. The number of ketones is 1. The average molecular weight is 258 g/mol. The van der Waals surface area contributed by atoms with E-state index in [1.165, 1.54) is 24.0 Å². The molecule has 2 rings (SSSR count). The van der Waals surface area contributed by atoms with E-state index >= 15 is 0 Å². The highest BCUT2D eigenvalue weighted by Crippen LogP contribution is 2.08. The lowest BCUT2D eigenvalue weighted by Gasteiger charge is -2.07. The summed E-state index contributed by atoms with van der Waals surface area (Å²) in [5.41, 5.74) is 0.0893. The summed E-state index contributed by atoms with van der Waals surface area (Å²) in [5, 5.41) is 0. The number of rotatable bonds is 3. The third kappa shape index (κ3) is 2.54. The maximum Gasteiger partial charge on any atom is 0.316 e. The summed E-state index contributed by atoms with van der Waals surface area (Å²) in [6, 6.07) is 7.16. The minimum atomic E-state index is -0.688. The highest BCUT2D eigenvalue weighted by atomic mass is 16.2. The number of hydrogen-bond acceptors (Lipinski definition) is 3. The Morgan fingerprint density at radius 1 is 1.11 bits per heavy atom. The molecule has 0 saturated heterocycles. The van der Waals surface area contributed by atoms with Gasteiger partial charge in [0.15, 0.2) is 5.78 Å². The number of aryl methyl sites for hydroxylation is 2. The van der Waals surface area contributed by atoms with Gasteiger partial charge in [-0.25, -0.2) is 0 Å². The molecule has 0 aliphatic carbocycles. The van der Waals surface area contributed by atoms with E-state index in [-0.39, 0.29) is 12.3 Å². The first-order valence-electron chi connectivity index (χ1n) is 5.85. The Morgan fingerprint density at radius 2 is 1.79 bits per heavy atom. The van der Waals surface area contributed by atoms with Crippen molar-refractivity contribution < 1.29 is 4.79 Å². The van der Waals surface area contributed by atoms with Crippen LogP contribution in [0.15, 0.2) is 46.2 Å². The smallest absolute Gasteiger partial charge is 0.312 e. The lowest BCUT2D eigenvalue weighted by molar-refractivity contribution is 0.0970. The van der Waals surface area contributed by atoms with Crippen LogP contribution >= 0.6 is 0 Å². The molecule has 0 atom stereocenters. The predicted octanol–water partition coefficient (Wildman–Crippen LogP) is 0.738. The van der Waals surface area contributed by atoms with E-state index in [4.69, 9.17) is 0 Å². The minimum Gasteiger partial charge on any atom is -0.312 e. The largest absolute Gasteiger partial charge is 0.316 e. The van der Waals surface area contributed by atoms with Gasteiger partial charge in [0.05, 0.1) is 6.54 Å². The molecule has 0 N–H and O–H groups in total. The zero-order valence-corrected chi connectivity index (χ0v) is 10.8. The Morgan fingerprint density at radius 3 is 2.47 bits per heavy atom. The van der Waals surface area contributed by atoms with Crippen molar-refractivity contribution >= 4 is 5.78 Å². The molecule has 19 heavy (non-hydrogen) atoms. The van der Waals surface area contributed by atoms with E-state index in [1.54, 1.807) is 12.1 Å². The van der Waals surface area contributed by atoms with Crippen molar-refractivity contribution in [2.75, 3.05) is 0 Å². The number of carbonyl (C=O) groups is 1. The SMILES string of the molecule is Cc1ccccc1C(=O)Cn1ccn(C)c(=O)c1=O. The molecule has 0 radical (unpaired) electrons. The summed E-state index contributed by atoms with van der Waals surface area (Å²) < 4.78 is 2.33. The van der Waals surface area contributed by atoms with Crippen LogP contribution in [0.4, 0.5) is 0 Å². The quantitative estimate of drug-likeness (QED) is 0.602. The highest BCUT2D eigenvalue weighted by molar-refractivity contribution is 5.97. The van der Waals surface area contributed by atoms with Crippen molar-refractivity contribution in [2.24, 2.45) is 7.05 Å². The Bertz CT molecular complexity index is 741. The lowest BCUT2D eigenvalue weighted by Crippen LogP contribution is -2.40. The lowest BCUT2D eigenvalue weighted by atomic mass is 10.1. The average Bonchev–Trinajstić information content (AvgIpc) is 2.40.